The lowest BCUT2D eigenvalue weighted by Gasteiger charge is -2.26. The topological polar surface area (TPSA) is 24.5 Å². The van der Waals surface area contributed by atoms with Crippen LogP contribution in [0.15, 0.2) is 0 Å². The zero-order valence-corrected chi connectivity index (χ0v) is 11.0. The van der Waals surface area contributed by atoms with Crippen LogP contribution in [0.2, 0.25) is 0 Å². The second-order valence-electron chi connectivity index (χ2n) is 4.93. The fourth-order valence-electron chi connectivity index (χ4n) is 2.10. The van der Waals surface area contributed by atoms with E-state index in [1.165, 1.54) is 45.3 Å². The van der Waals surface area contributed by atoms with Gasteiger partial charge in [0.2, 0.25) is 0 Å². The van der Waals surface area contributed by atoms with Crippen molar-refractivity contribution in [2.45, 2.75) is 45.6 Å². The number of ether oxygens (including phenoxy) is 1. The molecule has 96 valence electrons. The van der Waals surface area contributed by atoms with Gasteiger partial charge in [-0.25, -0.2) is 0 Å². The molecule has 1 rings (SSSR count). The van der Waals surface area contributed by atoms with E-state index in [0.717, 1.165) is 19.7 Å². The Balaban J connectivity index is 1.80. The summed E-state index contributed by atoms with van der Waals surface area (Å²) in [6.45, 7) is 11.0. The van der Waals surface area contributed by atoms with Crippen molar-refractivity contribution in [1.82, 2.24) is 10.2 Å². The van der Waals surface area contributed by atoms with Crippen molar-refractivity contribution in [2.75, 3.05) is 39.3 Å². The zero-order chi connectivity index (χ0) is 11.6. The Kier molecular flexibility index (Phi) is 7.81. The maximum atomic E-state index is 5.47. The van der Waals surface area contributed by atoms with Crippen LogP contribution < -0.4 is 5.32 Å². The molecule has 16 heavy (non-hydrogen) atoms. The first-order chi connectivity index (χ1) is 7.79. The Morgan fingerprint density at radius 3 is 2.56 bits per heavy atom. The molecule has 3 nitrogen and oxygen atoms in total. The average Bonchev–Trinajstić information content (AvgIpc) is 2.29. The van der Waals surface area contributed by atoms with Gasteiger partial charge in [0.15, 0.2) is 0 Å². The Bertz CT molecular complexity index is 156. The predicted octanol–water partition coefficient (Wildman–Crippen LogP) is 1.88. The quantitative estimate of drug-likeness (QED) is 0.642. The van der Waals surface area contributed by atoms with Crippen molar-refractivity contribution in [1.29, 1.82) is 0 Å². The Hall–Kier alpha value is -0.120. The molecule has 0 aromatic carbocycles. The van der Waals surface area contributed by atoms with Gasteiger partial charge in [0.05, 0.1) is 12.7 Å². The summed E-state index contributed by atoms with van der Waals surface area (Å²) in [7, 11) is 0. The first-order valence-electron chi connectivity index (χ1n) is 6.83. The number of hydrogen-bond donors (Lipinski definition) is 1. The van der Waals surface area contributed by atoms with Crippen molar-refractivity contribution in [3.8, 4) is 0 Å². The normalized spacial score (nSPS) is 18.2. The van der Waals surface area contributed by atoms with Crippen LogP contribution in [0, 0.1) is 0 Å². The third kappa shape index (κ3) is 7.20. The first kappa shape index (κ1) is 13.9. The number of likely N-dealkylation sites (tertiary alicyclic amines) is 1. The number of piperidine rings is 1. The molecule has 1 aliphatic heterocycles. The number of nitrogens with one attached hydrogen (secondary N) is 1. The van der Waals surface area contributed by atoms with E-state index in [9.17, 15) is 0 Å². The SMILES string of the molecule is CC(C)OCCNCCCN1CCCCC1. The highest BCUT2D eigenvalue weighted by Gasteiger charge is 2.08. The number of rotatable bonds is 8. The van der Waals surface area contributed by atoms with Crippen molar-refractivity contribution in [3.05, 3.63) is 0 Å². The van der Waals surface area contributed by atoms with Gasteiger partial charge in [0.25, 0.3) is 0 Å². The lowest BCUT2D eigenvalue weighted by atomic mass is 10.1. The first-order valence-corrected chi connectivity index (χ1v) is 6.83. The summed E-state index contributed by atoms with van der Waals surface area (Å²) in [5.41, 5.74) is 0. The molecule has 0 aromatic rings. The van der Waals surface area contributed by atoms with Crippen LogP contribution in [0.4, 0.5) is 0 Å². The summed E-state index contributed by atoms with van der Waals surface area (Å²) in [6.07, 6.45) is 5.85. The highest BCUT2D eigenvalue weighted by atomic mass is 16.5. The van der Waals surface area contributed by atoms with Crippen LogP contribution in [0.25, 0.3) is 0 Å². The average molecular weight is 228 g/mol. The largest absolute Gasteiger partial charge is 0.377 e. The standard InChI is InChI=1S/C13H28N2O/c1-13(2)16-12-8-14-7-6-11-15-9-4-3-5-10-15/h13-14H,3-12H2,1-2H3. The number of hydrogen-bond acceptors (Lipinski definition) is 3. The van der Waals surface area contributed by atoms with Gasteiger partial charge < -0.3 is 15.0 Å². The molecule has 0 spiro atoms. The molecular formula is C13H28N2O. The third-order valence-corrected chi connectivity index (χ3v) is 3.01. The smallest absolute Gasteiger partial charge is 0.0594 e. The molecule has 3 heteroatoms. The third-order valence-electron chi connectivity index (χ3n) is 3.01. The van der Waals surface area contributed by atoms with Crippen LogP contribution in [0.5, 0.6) is 0 Å². The van der Waals surface area contributed by atoms with E-state index in [1.54, 1.807) is 0 Å². The van der Waals surface area contributed by atoms with E-state index in [4.69, 9.17) is 4.74 Å². The van der Waals surface area contributed by atoms with E-state index < -0.39 is 0 Å². The molecule has 1 saturated heterocycles. The molecule has 0 aliphatic carbocycles. The fraction of sp³-hybridized carbons (Fsp3) is 1.00. The van der Waals surface area contributed by atoms with Crippen molar-refractivity contribution in [3.63, 3.8) is 0 Å². The minimum atomic E-state index is 0.357. The van der Waals surface area contributed by atoms with Gasteiger partial charge in [-0.05, 0) is 59.3 Å². The molecule has 0 atom stereocenters. The van der Waals surface area contributed by atoms with Gasteiger partial charge in [-0.1, -0.05) is 6.42 Å². The molecule has 0 aromatic heterocycles. The summed E-state index contributed by atoms with van der Waals surface area (Å²) >= 11 is 0. The van der Waals surface area contributed by atoms with Gasteiger partial charge in [0, 0.05) is 6.54 Å². The zero-order valence-electron chi connectivity index (χ0n) is 11.0. The summed E-state index contributed by atoms with van der Waals surface area (Å²) in [4.78, 5) is 2.59. The van der Waals surface area contributed by atoms with Gasteiger partial charge >= 0.3 is 0 Å². The van der Waals surface area contributed by atoms with Crippen LogP contribution in [0.1, 0.15) is 39.5 Å². The molecule has 0 radical (unpaired) electrons. The molecular weight excluding hydrogens is 200 g/mol. The van der Waals surface area contributed by atoms with Crippen LogP contribution in [-0.2, 0) is 4.74 Å². The van der Waals surface area contributed by atoms with Crippen LogP contribution in [0.3, 0.4) is 0 Å². The molecule has 1 heterocycles. The van der Waals surface area contributed by atoms with E-state index in [0.29, 0.717) is 6.10 Å². The van der Waals surface area contributed by atoms with Crippen molar-refractivity contribution in [2.24, 2.45) is 0 Å². The summed E-state index contributed by atoms with van der Waals surface area (Å²) in [6, 6.07) is 0. The van der Waals surface area contributed by atoms with E-state index in [1.807, 2.05) is 0 Å². The van der Waals surface area contributed by atoms with Gasteiger partial charge in [-0.15, -0.1) is 0 Å². The predicted molar refractivity (Wildman–Crippen MR) is 68.9 cm³/mol. The van der Waals surface area contributed by atoms with Crippen molar-refractivity contribution >= 4 is 0 Å². The van der Waals surface area contributed by atoms with Gasteiger partial charge in [-0.3, -0.25) is 0 Å². The second-order valence-corrected chi connectivity index (χ2v) is 4.93. The lowest BCUT2D eigenvalue weighted by molar-refractivity contribution is 0.0807. The van der Waals surface area contributed by atoms with Crippen LogP contribution >= 0.6 is 0 Å². The summed E-state index contributed by atoms with van der Waals surface area (Å²) in [5.74, 6) is 0. The molecule has 1 aliphatic rings. The Morgan fingerprint density at radius 1 is 1.12 bits per heavy atom. The Labute approximate surface area is 101 Å². The highest BCUT2D eigenvalue weighted by Crippen LogP contribution is 2.08. The van der Waals surface area contributed by atoms with Gasteiger partial charge in [0.1, 0.15) is 0 Å². The fourth-order valence-corrected chi connectivity index (χ4v) is 2.10. The van der Waals surface area contributed by atoms with Crippen LogP contribution in [-0.4, -0.2) is 50.3 Å². The molecule has 0 bridgehead atoms. The van der Waals surface area contributed by atoms with E-state index in [-0.39, 0.29) is 0 Å². The minimum absolute atomic E-state index is 0.357. The maximum Gasteiger partial charge on any atom is 0.0594 e. The number of nitrogens with zero attached hydrogens (tertiary/aromatic N) is 1. The Morgan fingerprint density at radius 2 is 1.88 bits per heavy atom. The van der Waals surface area contributed by atoms with E-state index in [2.05, 4.69) is 24.1 Å². The lowest BCUT2D eigenvalue weighted by Crippen LogP contribution is -2.32. The second kappa shape index (κ2) is 8.97. The van der Waals surface area contributed by atoms with Gasteiger partial charge in [-0.2, -0.15) is 0 Å². The molecule has 1 fully saturated rings. The molecule has 0 unspecified atom stereocenters. The monoisotopic (exact) mass is 228 g/mol. The summed E-state index contributed by atoms with van der Waals surface area (Å²) < 4.78 is 5.47. The highest BCUT2D eigenvalue weighted by molar-refractivity contribution is 4.64. The summed E-state index contributed by atoms with van der Waals surface area (Å²) in [5, 5.41) is 3.43. The van der Waals surface area contributed by atoms with Crippen molar-refractivity contribution < 1.29 is 4.74 Å². The maximum absolute atomic E-state index is 5.47. The van der Waals surface area contributed by atoms with E-state index >= 15 is 0 Å². The molecule has 1 N–H and O–H groups in total. The minimum Gasteiger partial charge on any atom is -0.377 e. The molecule has 0 saturated carbocycles. The molecule has 0 amide bonds.